The predicted octanol–water partition coefficient (Wildman–Crippen LogP) is 3.15. The summed E-state index contributed by atoms with van der Waals surface area (Å²) in [5.41, 5.74) is 6.69. The van der Waals surface area contributed by atoms with E-state index >= 15 is 0 Å². The summed E-state index contributed by atoms with van der Waals surface area (Å²) in [6.07, 6.45) is 1.34. The molecular formula is C14H10Cl2N2O2. The highest BCUT2D eigenvalue weighted by molar-refractivity contribution is 6.33. The smallest absolute Gasteiger partial charge is 0.260 e. The molecular weight excluding hydrogens is 299 g/mol. The minimum atomic E-state index is -0.387. The molecule has 0 spiro atoms. The average Bonchev–Trinajstić information content (AvgIpc) is 2.85. The van der Waals surface area contributed by atoms with Gasteiger partial charge in [-0.25, -0.2) is 0 Å². The van der Waals surface area contributed by atoms with Gasteiger partial charge in [-0.1, -0.05) is 23.4 Å². The third kappa shape index (κ3) is 3.34. The standard InChI is InChI=1S/C14H10Cl2N2O2/c15-10-3-4-12(9(8-10)2-1-6-17)18-14(19)11-5-7-20-13(11)16/h3-5,7-8H,6,17H2,(H,18,19). The first-order chi connectivity index (χ1) is 9.61. The SMILES string of the molecule is NCC#Cc1cc(Cl)ccc1NC(=O)c1ccoc1Cl. The lowest BCUT2D eigenvalue weighted by molar-refractivity contribution is 0.102. The van der Waals surface area contributed by atoms with Crippen LogP contribution in [0.15, 0.2) is 34.9 Å². The van der Waals surface area contributed by atoms with Crippen molar-refractivity contribution >= 4 is 34.8 Å². The fraction of sp³-hybridized carbons (Fsp3) is 0.0714. The molecule has 1 aromatic heterocycles. The van der Waals surface area contributed by atoms with E-state index in [0.717, 1.165) is 0 Å². The molecule has 0 aliphatic rings. The molecule has 0 fully saturated rings. The average molecular weight is 309 g/mol. The van der Waals surface area contributed by atoms with Crippen molar-refractivity contribution in [3.05, 3.63) is 51.9 Å². The molecule has 0 saturated carbocycles. The van der Waals surface area contributed by atoms with Crippen LogP contribution in [0.5, 0.6) is 0 Å². The maximum absolute atomic E-state index is 12.0. The number of hydrogen-bond acceptors (Lipinski definition) is 3. The van der Waals surface area contributed by atoms with Crippen molar-refractivity contribution in [2.24, 2.45) is 5.73 Å². The van der Waals surface area contributed by atoms with Crippen LogP contribution >= 0.6 is 23.2 Å². The van der Waals surface area contributed by atoms with Crippen LogP contribution in [0.2, 0.25) is 10.2 Å². The summed E-state index contributed by atoms with van der Waals surface area (Å²) in [6.45, 7) is 0.216. The fourth-order valence-corrected chi connectivity index (χ4v) is 1.89. The highest BCUT2D eigenvalue weighted by Gasteiger charge is 2.14. The Hall–Kier alpha value is -1.93. The summed E-state index contributed by atoms with van der Waals surface area (Å²) in [7, 11) is 0. The van der Waals surface area contributed by atoms with Gasteiger partial charge in [-0.3, -0.25) is 4.79 Å². The molecule has 102 valence electrons. The topological polar surface area (TPSA) is 68.3 Å². The maximum atomic E-state index is 12.0. The zero-order valence-corrected chi connectivity index (χ0v) is 11.8. The molecule has 0 aliphatic carbocycles. The van der Waals surface area contributed by atoms with Crippen LogP contribution in [0, 0.1) is 11.8 Å². The van der Waals surface area contributed by atoms with Gasteiger partial charge in [0.05, 0.1) is 24.1 Å². The van der Waals surface area contributed by atoms with Crippen LogP contribution in [0.1, 0.15) is 15.9 Å². The molecule has 1 amide bonds. The van der Waals surface area contributed by atoms with E-state index in [4.69, 9.17) is 33.4 Å². The molecule has 1 aromatic carbocycles. The number of carbonyl (C=O) groups is 1. The number of anilines is 1. The van der Waals surface area contributed by atoms with Crippen molar-refractivity contribution in [3.8, 4) is 11.8 Å². The summed E-state index contributed by atoms with van der Waals surface area (Å²) in [4.78, 5) is 12.0. The summed E-state index contributed by atoms with van der Waals surface area (Å²) < 4.78 is 4.88. The summed E-state index contributed by atoms with van der Waals surface area (Å²) >= 11 is 11.7. The number of nitrogens with one attached hydrogen (secondary N) is 1. The molecule has 0 atom stereocenters. The highest BCUT2D eigenvalue weighted by atomic mass is 35.5. The Kier molecular flexibility index (Phi) is 4.70. The summed E-state index contributed by atoms with van der Waals surface area (Å²) in [5.74, 6) is 5.18. The number of carbonyl (C=O) groups excluding carboxylic acids is 1. The van der Waals surface area contributed by atoms with Gasteiger partial charge in [-0.05, 0) is 35.9 Å². The number of halogens is 2. The van der Waals surface area contributed by atoms with Gasteiger partial charge < -0.3 is 15.5 Å². The van der Waals surface area contributed by atoms with Crippen LogP contribution < -0.4 is 11.1 Å². The lowest BCUT2D eigenvalue weighted by atomic mass is 10.1. The van der Waals surface area contributed by atoms with E-state index in [1.807, 2.05) is 0 Å². The summed E-state index contributed by atoms with van der Waals surface area (Å²) in [5, 5.41) is 3.26. The molecule has 2 aromatic rings. The van der Waals surface area contributed by atoms with Crippen LogP contribution in [0.25, 0.3) is 0 Å². The van der Waals surface area contributed by atoms with Crippen molar-refractivity contribution < 1.29 is 9.21 Å². The van der Waals surface area contributed by atoms with E-state index in [2.05, 4.69) is 17.2 Å². The highest BCUT2D eigenvalue weighted by Crippen LogP contribution is 2.22. The van der Waals surface area contributed by atoms with Gasteiger partial charge in [0.1, 0.15) is 0 Å². The molecule has 1 heterocycles. The van der Waals surface area contributed by atoms with Crippen molar-refractivity contribution in [2.75, 3.05) is 11.9 Å². The summed E-state index contributed by atoms with van der Waals surface area (Å²) in [6, 6.07) is 6.45. The van der Waals surface area contributed by atoms with Crippen LogP contribution in [-0.2, 0) is 0 Å². The van der Waals surface area contributed by atoms with E-state index in [-0.39, 0.29) is 23.2 Å². The molecule has 0 bridgehead atoms. The molecule has 0 unspecified atom stereocenters. The molecule has 0 saturated heterocycles. The van der Waals surface area contributed by atoms with Gasteiger partial charge >= 0.3 is 0 Å². The Morgan fingerprint density at radius 1 is 1.35 bits per heavy atom. The quantitative estimate of drug-likeness (QED) is 0.837. The second-order valence-corrected chi connectivity index (χ2v) is 4.54. The van der Waals surface area contributed by atoms with Crippen LogP contribution in [0.3, 0.4) is 0 Å². The molecule has 0 radical (unpaired) electrons. The first kappa shape index (κ1) is 14.5. The molecule has 0 aliphatic heterocycles. The van der Waals surface area contributed by atoms with Crippen molar-refractivity contribution in [2.45, 2.75) is 0 Å². The third-order valence-corrected chi connectivity index (χ3v) is 2.95. The maximum Gasteiger partial charge on any atom is 0.260 e. The lowest BCUT2D eigenvalue weighted by Crippen LogP contribution is -2.12. The Balaban J connectivity index is 2.29. The number of nitrogens with two attached hydrogens (primary N) is 1. The Labute approximate surface area is 125 Å². The molecule has 6 heteroatoms. The molecule has 4 nitrogen and oxygen atoms in total. The minimum absolute atomic E-state index is 0.0334. The molecule has 20 heavy (non-hydrogen) atoms. The van der Waals surface area contributed by atoms with Gasteiger partial charge in [-0.2, -0.15) is 0 Å². The van der Waals surface area contributed by atoms with E-state index in [1.54, 1.807) is 18.2 Å². The van der Waals surface area contributed by atoms with Crippen molar-refractivity contribution in [3.63, 3.8) is 0 Å². The molecule has 3 N–H and O–H groups in total. The van der Waals surface area contributed by atoms with Crippen LogP contribution in [-0.4, -0.2) is 12.5 Å². The Bertz CT molecular complexity index is 699. The number of furan rings is 1. The predicted molar refractivity (Wildman–Crippen MR) is 79.1 cm³/mol. The monoisotopic (exact) mass is 308 g/mol. The van der Waals surface area contributed by atoms with Crippen molar-refractivity contribution in [1.82, 2.24) is 0 Å². The normalized spacial score (nSPS) is 9.75. The van der Waals surface area contributed by atoms with E-state index < -0.39 is 0 Å². The number of amides is 1. The largest absolute Gasteiger partial charge is 0.452 e. The van der Waals surface area contributed by atoms with Crippen molar-refractivity contribution in [1.29, 1.82) is 0 Å². The zero-order chi connectivity index (χ0) is 14.5. The molecule has 2 rings (SSSR count). The van der Waals surface area contributed by atoms with Gasteiger partial charge in [0.25, 0.3) is 5.91 Å². The minimum Gasteiger partial charge on any atom is -0.452 e. The third-order valence-electron chi connectivity index (χ3n) is 2.42. The van der Waals surface area contributed by atoms with Gasteiger partial charge in [-0.15, -0.1) is 0 Å². The lowest BCUT2D eigenvalue weighted by Gasteiger charge is -2.07. The zero-order valence-electron chi connectivity index (χ0n) is 10.2. The first-order valence-corrected chi connectivity index (χ1v) is 6.40. The van der Waals surface area contributed by atoms with Crippen LogP contribution in [0.4, 0.5) is 5.69 Å². The van der Waals surface area contributed by atoms with Gasteiger partial charge in [0.2, 0.25) is 5.22 Å². The number of rotatable bonds is 2. The second kappa shape index (κ2) is 6.49. The van der Waals surface area contributed by atoms with E-state index in [1.165, 1.54) is 12.3 Å². The second-order valence-electron chi connectivity index (χ2n) is 3.76. The van der Waals surface area contributed by atoms with Gasteiger partial charge in [0.15, 0.2) is 0 Å². The first-order valence-electron chi connectivity index (χ1n) is 5.64. The fourth-order valence-electron chi connectivity index (χ4n) is 1.52. The van der Waals surface area contributed by atoms with E-state index in [9.17, 15) is 4.79 Å². The number of hydrogen-bond donors (Lipinski definition) is 2. The number of benzene rings is 1. The Morgan fingerprint density at radius 3 is 2.80 bits per heavy atom. The van der Waals surface area contributed by atoms with Gasteiger partial charge in [0, 0.05) is 10.6 Å². The Morgan fingerprint density at radius 2 is 2.15 bits per heavy atom. The van der Waals surface area contributed by atoms with E-state index in [0.29, 0.717) is 16.3 Å².